The Morgan fingerprint density at radius 1 is 1.30 bits per heavy atom. The monoisotopic (exact) mass is 294 g/mol. The van der Waals surface area contributed by atoms with E-state index in [1.807, 2.05) is 0 Å². The average Bonchev–Trinajstić information content (AvgIpc) is 2.93. The van der Waals surface area contributed by atoms with Crippen LogP contribution in [0.5, 0.6) is 0 Å². The van der Waals surface area contributed by atoms with E-state index in [2.05, 4.69) is 5.32 Å². The van der Waals surface area contributed by atoms with Crippen LogP contribution in [0.2, 0.25) is 0 Å². The maximum atomic E-state index is 12.8. The maximum absolute atomic E-state index is 12.8. The van der Waals surface area contributed by atoms with E-state index in [0.29, 0.717) is 0 Å². The van der Waals surface area contributed by atoms with Gasteiger partial charge >= 0.3 is 12.1 Å². The summed E-state index contributed by atoms with van der Waals surface area (Å²) in [4.78, 5) is 34.8. The highest BCUT2D eigenvalue weighted by molar-refractivity contribution is 5.91. The molecule has 0 unspecified atom stereocenters. The van der Waals surface area contributed by atoms with Gasteiger partial charge in [-0.25, -0.2) is 0 Å². The van der Waals surface area contributed by atoms with Crippen molar-refractivity contribution in [3.05, 3.63) is 0 Å². The third-order valence-corrected chi connectivity index (χ3v) is 3.66. The molecule has 0 aromatic carbocycles. The van der Waals surface area contributed by atoms with Gasteiger partial charge in [-0.05, 0) is 6.42 Å². The van der Waals surface area contributed by atoms with Crippen LogP contribution in [0, 0.1) is 11.8 Å². The summed E-state index contributed by atoms with van der Waals surface area (Å²) in [5, 5.41) is 11.2. The van der Waals surface area contributed by atoms with Gasteiger partial charge in [0.2, 0.25) is 11.8 Å². The molecule has 3 atom stereocenters. The molecule has 0 spiro atoms. The van der Waals surface area contributed by atoms with Crippen LogP contribution < -0.4 is 5.32 Å². The summed E-state index contributed by atoms with van der Waals surface area (Å²) in [5.41, 5.74) is 0. The van der Waals surface area contributed by atoms with E-state index in [1.54, 1.807) is 0 Å². The summed E-state index contributed by atoms with van der Waals surface area (Å²) in [6.07, 6.45) is -4.30. The summed E-state index contributed by atoms with van der Waals surface area (Å²) in [6.45, 7) is -1.16. The molecule has 6 nitrogen and oxygen atoms in total. The third kappa shape index (κ3) is 2.70. The zero-order valence-corrected chi connectivity index (χ0v) is 10.3. The number of carboxylic acid groups (broad SMARTS) is 1. The van der Waals surface area contributed by atoms with Crippen molar-refractivity contribution in [1.29, 1.82) is 0 Å². The topological polar surface area (TPSA) is 86.7 Å². The van der Waals surface area contributed by atoms with E-state index in [-0.39, 0.29) is 18.7 Å². The molecule has 0 bridgehead atoms. The summed E-state index contributed by atoms with van der Waals surface area (Å²) >= 11 is 0. The molecule has 2 amide bonds. The molecular weight excluding hydrogens is 281 g/mol. The number of carboxylic acids is 1. The third-order valence-electron chi connectivity index (χ3n) is 3.66. The van der Waals surface area contributed by atoms with Crippen LogP contribution in [0.1, 0.15) is 12.8 Å². The van der Waals surface area contributed by atoms with Crippen LogP contribution in [-0.2, 0) is 14.4 Å². The minimum absolute atomic E-state index is 0.148. The molecule has 2 aliphatic rings. The Morgan fingerprint density at radius 3 is 2.35 bits per heavy atom. The van der Waals surface area contributed by atoms with Crippen LogP contribution in [0.15, 0.2) is 0 Å². The molecule has 2 heterocycles. The number of likely N-dealkylation sites (tertiary alicyclic amines) is 1. The molecule has 2 saturated heterocycles. The number of hydrogen-bond donors (Lipinski definition) is 2. The van der Waals surface area contributed by atoms with E-state index in [4.69, 9.17) is 5.11 Å². The maximum Gasteiger partial charge on any atom is 0.394 e. The second kappa shape index (κ2) is 4.95. The second-order valence-corrected chi connectivity index (χ2v) is 4.99. The molecule has 0 aromatic heterocycles. The number of halogens is 3. The van der Waals surface area contributed by atoms with Gasteiger partial charge in [0.25, 0.3) is 0 Å². The quantitative estimate of drug-likeness (QED) is 0.750. The first-order chi connectivity index (χ1) is 9.20. The van der Waals surface area contributed by atoms with Crippen LogP contribution in [0.3, 0.4) is 0 Å². The molecule has 112 valence electrons. The number of nitrogens with one attached hydrogen (secondary N) is 1. The van der Waals surface area contributed by atoms with E-state index in [0.717, 1.165) is 4.90 Å². The van der Waals surface area contributed by atoms with E-state index in [1.165, 1.54) is 0 Å². The molecule has 2 rings (SSSR count). The number of carbonyl (C=O) groups excluding carboxylic acids is 2. The fraction of sp³-hybridized carbons (Fsp3) is 0.727. The molecule has 2 aliphatic heterocycles. The first-order valence-corrected chi connectivity index (χ1v) is 6.08. The van der Waals surface area contributed by atoms with Gasteiger partial charge in [-0.1, -0.05) is 0 Å². The second-order valence-electron chi connectivity index (χ2n) is 4.99. The summed E-state index contributed by atoms with van der Waals surface area (Å²) < 4.78 is 38.3. The van der Waals surface area contributed by atoms with Crippen molar-refractivity contribution >= 4 is 17.8 Å². The largest absolute Gasteiger partial charge is 0.481 e. The smallest absolute Gasteiger partial charge is 0.394 e. The summed E-state index contributed by atoms with van der Waals surface area (Å²) in [7, 11) is 0. The SMILES string of the molecule is O=C1CC[C@H](C(=O)N2C[C@@H](C(F)(F)F)[C@H](C(=O)O)C2)N1. The normalized spacial score (nSPS) is 30.4. The van der Waals surface area contributed by atoms with Crippen molar-refractivity contribution in [3.8, 4) is 0 Å². The predicted molar refractivity (Wildman–Crippen MR) is 58.4 cm³/mol. The lowest BCUT2D eigenvalue weighted by Crippen LogP contribution is -2.44. The van der Waals surface area contributed by atoms with Crippen molar-refractivity contribution in [2.75, 3.05) is 13.1 Å². The Hall–Kier alpha value is -1.80. The number of rotatable bonds is 2. The minimum atomic E-state index is -4.67. The highest BCUT2D eigenvalue weighted by Crippen LogP contribution is 2.38. The Labute approximate surface area is 111 Å². The number of alkyl halides is 3. The molecule has 0 saturated carbocycles. The Kier molecular flexibility index (Phi) is 3.61. The first-order valence-electron chi connectivity index (χ1n) is 6.08. The van der Waals surface area contributed by atoms with Crippen LogP contribution in [-0.4, -0.2) is 53.1 Å². The van der Waals surface area contributed by atoms with Crippen LogP contribution in [0.25, 0.3) is 0 Å². The molecule has 0 aliphatic carbocycles. The van der Waals surface area contributed by atoms with Crippen molar-refractivity contribution < 1.29 is 32.7 Å². The number of nitrogens with zero attached hydrogens (tertiary/aromatic N) is 1. The van der Waals surface area contributed by atoms with Gasteiger partial charge in [0.1, 0.15) is 6.04 Å². The number of amides is 2. The number of aliphatic carboxylic acids is 1. The van der Waals surface area contributed by atoms with E-state index >= 15 is 0 Å². The zero-order chi connectivity index (χ0) is 15.1. The van der Waals surface area contributed by atoms with E-state index in [9.17, 15) is 27.6 Å². The lowest BCUT2D eigenvalue weighted by molar-refractivity contribution is -0.188. The highest BCUT2D eigenvalue weighted by Gasteiger charge is 2.54. The standard InChI is InChI=1S/C11H13F3N2O4/c12-11(13,14)6-4-16(3-5(6)10(19)20)9(18)7-1-2-8(17)15-7/h5-7H,1-4H2,(H,15,17)(H,19,20)/t5-,6-,7-/m1/s1. The van der Waals surface area contributed by atoms with Gasteiger partial charge in [-0.15, -0.1) is 0 Å². The molecule has 2 fully saturated rings. The molecular formula is C11H13F3N2O4. The van der Waals surface area contributed by atoms with Gasteiger partial charge in [0.05, 0.1) is 11.8 Å². The van der Waals surface area contributed by atoms with Crippen molar-refractivity contribution in [3.63, 3.8) is 0 Å². The van der Waals surface area contributed by atoms with Crippen molar-refractivity contribution in [2.24, 2.45) is 11.8 Å². The molecule has 0 aromatic rings. The average molecular weight is 294 g/mol. The summed E-state index contributed by atoms with van der Waals surface area (Å²) in [6, 6.07) is -0.844. The van der Waals surface area contributed by atoms with Crippen molar-refractivity contribution in [1.82, 2.24) is 10.2 Å². The highest BCUT2D eigenvalue weighted by atomic mass is 19.4. The predicted octanol–water partition coefficient (Wildman–Crippen LogP) is -0.0135. The van der Waals surface area contributed by atoms with Crippen molar-refractivity contribution in [2.45, 2.75) is 25.1 Å². The fourth-order valence-corrected chi connectivity index (χ4v) is 2.59. The molecule has 2 N–H and O–H groups in total. The minimum Gasteiger partial charge on any atom is -0.481 e. The molecule has 9 heteroatoms. The lowest BCUT2D eigenvalue weighted by atomic mass is 9.96. The summed E-state index contributed by atoms with van der Waals surface area (Å²) in [5.74, 6) is -6.27. The first kappa shape index (κ1) is 14.6. The molecule has 20 heavy (non-hydrogen) atoms. The Balaban J connectivity index is 2.10. The number of carbonyl (C=O) groups is 3. The molecule has 0 radical (unpaired) electrons. The van der Waals surface area contributed by atoms with Gasteiger partial charge in [-0.2, -0.15) is 13.2 Å². The zero-order valence-electron chi connectivity index (χ0n) is 10.3. The van der Waals surface area contributed by atoms with Gasteiger partial charge < -0.3 is 15.3 Å². The fourth-order valence-electron chi connectivity index (χ4n) is 2.59. The van der Waals surface area contributed by atoms with Gasteiger partial charge in [0.15, 0.2) is 0 Å². The van der Waals surface area contributed by atoms with Crippen LogP contribution in [0.4, 0.5) is 13.2 Å². The van der Waals surface area contributed by atoms with Gasteiger partial charge in [-0.3, -0.25) is 14.4 Å². The Bertz CT molecular complexity index is 451. The van der Waals surface area contributed by atoms with E-state index < -0.39 is 49.0 Å². The lowest BCUT2D eigenvalue weighted by Gasteiger charge is -2.21. The number of hydrogen-bond acceptors (Lipinski definition) is 3. The van der Waals surface area contributed by atoms with Crippen LogP contribution >= 0.6 is 0 Å². The Morgan fingerprint density at radius 2 is 1.95 bits per heavy atom. The van der Waals surface area contributed by atoms with Gasteiger partial charge in [0, 0.05) is 19.5 Å².